The maximum atomic E-state index is 13.7. The first-order valence-electron chi connectivity index (χ1n) is 7.34. The molecule has 1 N–H and O–H groups in total. The highest BCUT2D eigenvalue weighted by Gasteiger charge is 2.04. The Morgan fingerprint density at radius 2 is 1.81 bits per heavy atom. The highest BCUT2D eigenvalue weighted by atomic mass is 32.2. The summed E-state index contributed by atoms with van der Waals surface area (Å²) in [6.07, 6.45) is 1.08. The van der Waals surface area contributed by atoms with Crippen molar-refractivity contribution in [2.45, 2.75) is 43.5 Å². The molecule has 0 radical (unpaired) electrons. The fourth-order valence-corrected chi connectivity index (χ4v) is 3.13. The molecule has 0 saturated heterocycles. The number of benzene rings is 2. The van der Waals surface area contributed by atoms with E-state index in [9.17, 15) is 4.39 Å². The van der Waals surface area contributed by atoms with Crippen LogP contribution in [0.3, 0.4) is 0 Å². The van der Waals surface area contributed by atoms with Crippen LogP contribution in [0.25, 0.3) is 0 Å². The fourth-order valence-electron chi connectivity index (χ4n) is 2.10. The van der Waals surface area contributed by atoms with Gasteiger partial charge in [0.15, 0.2) is 0 Å². The number of hydrogen-bond donors (Lipinski definition) is 1. The second kappa shape index (κ2) is 7.62. The fraction of sp³-hybridized carbons (Fsp3) is 0.333. The number of hydrogen-bond acceptors (Lipinski definition) is 2. The van der Waals surface area contributed by atoms with Crippen LogP contribution in [-0.2, 0) is 6.54 Å². The summed E-state index contributed by atoms with van der Waals surface area (Å²) in [5, 5.41) is 3.31. The van der Waals surface area contributed by atoms with Gasteiger partial charge in [0.1, 0.15) is 5.82 Å². The zero-order valence-electron chi connectivity index (χ0n) is 12.9. The summed E-state index contributed by atoms with van der Waals surface area (Å²) < 4.78 is 13.7. The van der Waals surface area contributed by atoms with Crippen molar-refractivity contribution in [3.8, 4) is 0 Å². The summed E-state index contributed by atoms with van der Waals surface area (Å²) >= 11 is 1.61. The number of rotatable bonds is 6. The van der Waals surface area contributed by atoms with E-state index in [1.165, 1.54) is 11.1 Å². The lowest BCUT2D eigenvalue weighted by Gasteiger charge is -2.08. The molecule has 0 heterocycles. The summed E-state index contributed by atoms with van der Waals surface area (Å²) in [6.45, 7) is 8.00. The standard InChI is InChI=1S/C18H22FNS/c1-4-7-20-12-15-9-16(19)11-18(10-15)21-17-6-5-13(2)14(3)8-17/h5-6,8-11,20H,4,7,12H2,1-3H3. The smallest absolute Gasteiger partial charge is 0.124 e. The third-order valence-electron chi connectivity index (χ3n) is 3.40. The van der Waals surface area contributed by atoms with Gasteiger partial charge in [-0.05, 0) is 73.8 Å². The molecule has 2 rings (SSSR count). The summed E-state index contributed by atoms with van der Waals surface area (Å²) in [5.74, 6) is -0.169. The maximum absolute atomic E-state index is 13.7. The van der Waals surface area contributed by atoms with Crippen molar-refractivity contribution in [2.24, 2.45) is 0 Å². The lowest BCUT2D eigenvalue weighted by Crippen LogP contribution is -2.13. The van der Waals surface area contributed by atoms with Crippen LogP contribution in [0.1, 0.15) is 30.0 Å². The highest BCUT2D eigenvalue weighted by Crippen LogP contribution is 2.30. The molecule has 0 saturated carbocycles. The molecule has 2 aromatic carbocycles. The molecule has 21 heavy (non-hydrogen) atoms. The topological polar surface area (TPSA) is 12.0 Å². The van der Waals surface area contributed by atoms with Crippen LogP contribution in [0.2, 0.25) is 0 Å². The minimum Gasteiger partial charge on any atom is -0.313 e. The number of aryl methyl sites for hydroxylation is 2. The van der Waals surface area contributed by atoms with Gasteiger partial charge in [0.2, 0.25) is 0 Å². The van der Waals surface area contributed by atoms with Gasteiger partial charge in [-0.1, -0.05) is 24.8 Å². The van der Waals surface area contributed by atoms with Gasteiger partial charge in [0.05, 0.1) is 0 Å². The first-order valence-corrected chi connectivity index (χ1v) is 8.15. The van der Waals surface area contributed by atoms with E-state index in [-0.39, 0.29) is 5.82 Å². The van der Waals surface area contributed by atoms with Crippen molar-refractivity contribution in [2.75, 3.05) is 6.54 Å². The summed E-state index contributed by atoms with van der Waals surface area (Å²) in [5.41, 5.74) is 3.54. The van der Waals surface area contributed by atoms with E-state index >= 15 is 0 Å². The molecule has 0 atom stereocenters. The molecular formula is C18H22FNS. The van der Waals surface area contributed by atoms with Gasteiger partial charge in [-0.15, -0.1) is 0 Å². The lowest BCUT2D eigenvalue weighted by molar-refractivity contribution is 0.615. The van der Waals surface area contributed by atoms with Crippen molar-refractivity contribution in [1.82, 2.24) is 5.32 Å². The minimum absolute atomic E-state index is 0.169. The molecule has 0 fully saturated rings. The molecule has 0 aliphatic carbocycles. The SMILES string of the molecule is CCCNCc1cc(F)cc(Sc2ccc(C)c(C)c2)c1. The predicted molar refractivity (Wildman–Crippen MR) is 88.4 cm³/mol. The van der Waals surface area contributed by atoms with Crippen molar-refractivity contribution in [3.63, 3.8) is 0 Å². The van der Waals surface area contributed by atoms with Crippen LogP contribution in [0.5, 0.6) is 0 Å². The summed E-state index contributed by atoms with van der Waals surface area (Å²) in [4.78, 5) is 2.10. The maximum Gasteiger partial charge on any atom is 0.124 e. The average molecular weight is 303 g/mol. The molecule has 0 aliphatic rings. The zero-order chi connectivity index (χ0) is 15.2. The van der Waals surface area contributed by atoms with E-state index in [1.54, 1.807) is 23.9 Å². The number of halogens is 1. The van der Waals surface area contributed by atoms with E-state index in [4.69, 9.17) is 0 Å². The van der Waals surface area contributed by atoms with Crippen molar-refractivity contribution >= 4 is 11.8 Å². The minimum atomic E-state index is -0.169. The molecule has 2 aromatic rings. The van der Waals surface area contributed by atoms with Gasteiger partial charge in [-0.3, -0.25) is 0 Å². The van der Waals surface area contributed by atoms with E-state index in [2.05, 4.69) is 50.4 Å². The molecule has 112 valence electrons. The first kappa shape index (κ1) is 16.1. The van der Waals surface area contributed by atoms with Gasteiger partial charge < -0.3 is 5.32 Å². The van der Waals surface area contributed by atoms with Crippen LogP contribution >= 0.6 is 11.8 Å². The predicted octanol–water partition coefficient (Wildman–Crippen LogP) is 5.09. The summed E-state index contributed by atoms with van der Waals surface area (Å²) in [7, 11) is 0. The van der Waals surface area contributed by atoms with Crippen LogP contribution in [-0.4, -0.2) is 6.54 Å². The normalized spacial score (nSPS) is 10.9. The molecule has 0 unspecified atom stereocenters. The van der Waals surface area contributed by atoms with Crippen LogP contribution in [0, 0.1) is 19.7 Å². The Morgan fingerprint density at radius 3 is 2.52 bits per heavy atom. The molecule has 0 aromatic heterocycles. The van der Waals surface area contributed by atoms with Crippen LogP contribution < -0.4 is 5.32 Å². The van der Waals surface area contributed by atoms with E-state index < -0.39 is 0 Å². The van der Waals surface area contributed by atoms with Gasteiger partial charge in [0.25, 0.3) is 0 Å². The van der Waals surface area contributed by atoms with Gasteiger partial charge in [-0.2, -0.15) is 0 Å². The molecule has 0 aliphatic heterocycles. The molecule has 0 spiro atoms. The Bertz CT molecular complexity index is 610. The van der Waals surface area contributed by atoms with Crippen molar-refractivity contribution in [3.05, 3.63) is 58.9 Å². The van der Waals surface area contributed by atoms with E-state index in [0.717, 1.165) is 28.3 Å². The Morgan fingerprint density at radius 1 is 1.00 bits per heavy atom. The Kier molecular flexibility index (Phi) is 5.83. The average Bonchev–Trinajstić information content (AvgIpc) is 2.43. The Labute approximate surface area is 131 Å². The number of nitrogens with one attached hydrogen (secondary N) is 1. The zero-order valence-corrected chi connectivity index (χ0v) is 13.7. The first-order chi connectivity index (χ1) is 10.1. The lowest BCUT2D eigenvalue weighted by atomic mass is 10.1. The van der Waals surface area contributed by atoms with Crippen LogP contribution in [0.4, 0.5) is 4.39 Å². The van der Waals surface area contributed by atoms with Gasteiger partial charge >= 0.3 is 0 Å². The molecule has 3 heteroatoms. The Balaban J connectivity index is 2.13. The molecule has 0 amide bonds. The molecule has 0 bridgehead atoms. The largest absolute Gasteiger partial charge is 0.313 e. The van der Waals surface area contributed by atoms with E-state index in [1.807, 2.05) is 0 Å². The van der Waals surface area contributed by atoms with Crippen LogP contribution in [0.15, 0.2) is 46.2 Å². The van der Waals surface area contributed by atoms with Crippen molar-refractivity contribution < 1.29 is 4.39 Å². The highest BCUT2D eigenvalue weighted by molar-refractivity contribution is 7.99. The van der Waals surface area contributed by atoms with Gasteiger partial charge in [-0.25, -0.2) is 4.39 Å². The second-order valence-electron chi connectivity index (χ2n) is 5.32. The third-order valence-corrected chi connectivity index (χ3v) is 4.36. The van der Waals surface area contributed by atoms with E-state index in [0.29, 0.717) is 6.54 Å². The monoisotopic (exact) mass is 303 g/mol. The van der Waals surface area contributed by atoms with Crippen molar-refractivity contribution in [1.29, 1.82) is 0 Å². The molecular weight excluding hydrogens is 281 g/mol. The molecule has 1 nitrogen and oxygen atoms in total. The summed E-state index contributed by atoms with van der Waals surface area (Å²) in [6, 6.07) is 11.6. The Hall–Kier alpha value is -1.32. The second-order valence-corrected chi connectivity index (χ2v) is 6.47. The third kappa shape index (κ3) is 4.87. The van der Waals surface area contributed by atoms with Gasteiger partial charge in [0, 0.05) is 16.3 Å². The quantitative estimate of drug-likeness (QED) is 0.746.